The zero-order valence-corrected chi connectivity index (χ0v) is 12.1. The molecule has 1 saturated heterocycles. The highest BCUT2D eigenvalue weighted by molar-refractivity contribution is 5.48. The van der Waals surface area contributed by atoms with Gasteiger partial charge in [0, 0.05) is 6.54 Å². The number of aliphatic hydroxyl groups excluding tert-OH is 1. The summed E-state index contributed by atoms with van der Waals surface area (Å²) in [5.41, 5.74) is 0.878. The van der Waals surface area contributed by atoms with Crippen molar-refractivity contribution < 1.29 is 22.7 Å². The van der Waals surface area contributed by atoms with E-state index in [0.717, 1.165) is 5.56 Å². The Balaban J connectivity index is 1.77. The molecule has 0 spiro atoms. The zero-order chi connectivity index (χ0) is 16.2. The topological polar surface area (TPSA) is 23.5 Å². The van der Waals surface area contributed by atoms with Gasteiger partial charge in [0.05, 0.1) is 0 Å². The van der Waals surface area contributed by atoms with Crippen molar-refractivity contribution >= 4 is 6.08 Å². The van der Waals surface area contributed by atoms with Crippen LogP contribution in [-0.4, -0.2) is 41.9 Å². The van der Waals surface area contributed by atoms with Crippen LogP contribution in [0, 0.1) is 11.7 Å². The number of nitrogens with zero attached hydrogens (tertiary/aromatic N) is 1. The van der Waals surface area contributed by atoms with Crippen LogP contribution in [0.1, 0.15) is 18.4 Å². The summed E-state index contributed by atoms with van der Waals surface area (Å²) >= 11 is 0. The van der Waals surface area contributed by atoms with Crippen molar-refractivity contribution in [2.75, 3.05) is 19.6 Å². The first kappa shape index (κ1) is 17.0. The van der Waals surface area contributed by atoms with Crippen molar-refractivity contribution in [3.8, 4) is 0 Å². The van der Waals surface area contributed by atoms with Crippen molar-refractivity contribution in [2.24, 2.45) is 5.92 Å². The second-order valence-corrected chi connectivity index (χ2v) is 5.58. The quantitative estimate of drug-likeness (QED) is 0.860. The van der Waals surface area contributed by atoms with Gasteiger partial charge in [0.25, 0.3) is 0 Å². The maximum Gasteiger partial charge on any atom is 0.414 e. The van der Waals surface area contributed by atoms with Gasteiger partial charge >= 0.3 is 6.18 Å². The van der Waals surface area contributed by atoms with Gasteiger partial charge in [0.15, 0.2) is 6.10 Å². The molecule has 1 atom stereocenters. The van der Waals surface area contributed by atoms with Crippen LogP contribution in [-0.2, 0) is 0 Å². The normalized spacial score (nSPS) is 19.7. The average molecular weight is 317 g/mol. The van der Waals surface area contributed by atoms with Crippen LogP contribution in [0.3, 0.4) is 0 Å². The first-order valence-electron chi connectivity index (χ1n) is 7.25. The summed E-state index contributed by atoms with van der Waals surface area (Å²) in [6.07, 6.45) is -2.31. The summed E-state index contributed by atoms with van der Waals surface area (Å²) in [4.78, 5) is 2.04. The highest BCUT2D eigenvalue weighted by Gasteiger charge is 2.43. The molecule has 0 aromatic heterocycles. The van der Waals surface area contributed by atoms with E-state index in [1.165, 1.54) is 12.1 Å². The molecular formula is C16H19F4NO. The number of hydrogen-bond acceptors (Lipinski definition) is 2. The SMILES string of the molecule is OC(C1CCN(C/C=C/c2ccc(F)cc2)CC1)C(F)(F)F. The van der Waals surface area contributed by atoms with E-state index in [1.807, 2.05) is 17.1 Å². The van der Waals surface area contributed by atoms with E-state index in [2.05, 4.69) is 0 Å². The molecule has 1 unspecified atom stereocenters. The molecule has 2 rings (SSSR count). The summed E-state index contributed by atoms with van der Waals surface area (Å²) in [6, 6.07) is 6.09. The van der Waals surface area contributed by atoms with Crippen molar-refractivity contribution in [3.05, 3.63) is 41.7 Å². The third kappa shape index (κ3) is 4.81. The molecule has 2 nitrogen and oxygen atoms in total. The van der Waals surface area contributed by atoms with Gasteiger partial charge < -0.3 is 5.11 Å². The Kier molecular flexibility index (Phi) is 5.58. The molecule has 0 bridgehead atoms. The molecule has 1 aromatic rings. The lowest BCUT2D eigenvalue weighted by Gasteiger charge is -2.34. The van der Waals surface area contributed by atoms with Crippen LogP contribution < -0.4 is 0 Å². The van der Waals surface area contributed by atoms with Gasteiger partial charge in [0.1, 0.15) is 5.82 Å². The molecule has 1 N–H and O–H groups in total. The summed E-state index contributed by atoms with van der Waals surface area (Å²) in [5.74, 6) is -1.00. The highest BCUT2D eigenvalue weighted by atomic mass is 19.4. The summed E-state index contributed by atoms with van der Waals surface area (Å²) in [7, 11) is 0. The maximum absolute atomic E-state index is 12.8. The highest BCUT2D eigenvalue weighted by Crippen LogP contribution is 2.31. The molecule has 6 heteroatoms. The number of aliphatic hydroxyl groups is 1. The van der Waals surface area contributed by atoms with Gasteiger partial charge in [-0.3, -0.25) is 4.90 Å². The molecule has 22 heavy (non-hydrogen) atoms. The number of hydrogen-bond donors (Lipinski definition) is 1. The van der Waals surface area contributed by atoms with Crippen molar-refractivity contribution in [3.63, 3.8) is 0 Å². The van der Waals surface area contributed by atoms with Gasteiger partial charge in [-0.1, -0.05) is 24.3 Å². The molecular weight excluding hydrogens is 298 g/mol. The van der Waals surface area contributed by atoms with E-state index in [1.54, 1.807) is 12.1 Å². The molecule has 0 radical (unpaired) electrons. The number of benzene rings is 1. The summed E-state index contributed by atoms with van der Waals surface area (Å²) in [5, 5.41) is 9.26. The van der Waals surface area contributed by atoms with E-state index in [0.29, 0.717) is 32.5 Å². The smallest absolute Gasteiger partial charge is 0.383 e. The van der Waals surface area contributed by atoms with Crippen molar-refractivity contribution in [1.29, 1.82) is 0 Å². The minimum absolute atomic E-state index is 0.289. The minimum Gasteiger partial charge on any atom is -0.383 e. The number of alkyl halides is 3. The van der Waals surface area contributed by atoms with Crippen molar-refractivity contribution in [1.82, 2.24) is 4.90 Å². The molecule has 1 heterocycles. The maximum atomic E-state index is 12.8. The van der Waals surface area contributed by atoms with E-state index in [-0.39, 0.29) is 5.82 Å². The molecule has 0 aliphatic carbocycles. The lowest BCUT2D eigenvalue weighted by atomic mass is 9.91. The number of likely N-dealkylation sites (tertiary alicyclic amines) is 1. The Morgan fingerprint density at radius 1 is 1.18 bits per heavy atom. The Morgan fingerprint density at radius 2 is 1.77 bits per heavy atom. The van der Waals surface area contributed by atoms with Crippen LogP contribution in [0.5, 0.6) is 0 Å². The predicted octanol–water partition coefficient (Wildman–Crippen LogP) is 3.47. The average Bonchev–Trinajstić information content (AvgIpc) is 2.48. The van der Waals surface area contributed by atoms with E-state index >= 15 is 0 Å². The fourth-order valence-corrected chi connectivity index (χ4v) is 2.63. The monoisotopic (exact) mass is 317 g/mol. The third-order valence-corrected chi connectivity index (χ3v) is 3.96. The van der Waals surface area contributed by atoms with E-state index in [4.69, 9.17) is 0 Å². The van der Waals surface area contributed by atoms with E-state index in [9.17, 15) is 22.7 Å². The molecule has 1 aliphatic heterocycles. The Morgan fingerprint density at radius 3 is 2.32 bits per heavy atom. The lowest BCUT2D eigenvalue weighted by molar-refractivity contribution is -0.222. The first-order chi connectivity index (χ1) is 10.4. The van der Waals surface area contributed by atoms with Crippen molar-refractivity contribution in [2.45, 2.75) is 25.1 Å². The van der Waals surface area contributed by atoms with Crippen LogP contribution in [0.2, 0.25) is 0 Å². The molecule has 0 amide bonds. The number of halogens is 4. The zero-order valence-electron chi connectivity index (χ0n) is 12.1. The first-order valence-corrected chi connectivity index (χ1v) is 7.25. The third-order valence-electron chi connectivity index (χ3n) is 3.96. The second kappa shape index (κ2) is 7.24. The number of rotatable bonds is 4. The summed E-state index contributed by atoms with van der Waals surface area (Å²) in [6.45, 7) is 1.70. The van der Waals surface area contributed by atoms with Gasteiger partial charge in [-0.2, -0.15) is 13.2 Å². The molecule has 1 aromatic carbocycles. The number of piperidine rings is 1. The molecule has 1 aliphatic rings. The second-order valence-electron chi connectivity index (χ2n) is 5.58. The Hall–Kier alpha value is -1.40. The largest absolute Gasteiger partial charge is 0.414 e. The molecule has 0 saturated carbocycles. The van der Waals surface area contributed by atoms with Crippen LogP contribution in [0.4, 0.5) is 17.6 Å². The fourth-order valence-electron chi connectivity index (χ4n) is 2.63. The van der Waals surface area contributed by atoms with Gasteiger partial charge in [-0.15, -0.1) is 0 Å². The Labute approximate surface area is 127 Å². The van der Waals surface area contributed by atoms with E-state index < -0.39 is 18.2 Å². The van der Waals surface area contributed by atoms with Crippen LogP contribution in [0.15, 0.2) is 30.3 Å². The molecule has 1 fully saturated rings. The summed E-state index contributed by atoms with van der Waals surface area (Å²) < 4.78 is 50.1. The Bertz CT molecular complexity index is 490. The molecule has 122 valence electrons. The fraction of sp³-hybridized carbons (Fsp3) is 0.500. The van der Waals surface area contributed by atoms with Gasteiger partial charge in [-0.25, -0.2) is 4.39 Å². The minimum atomic E-state index is -4.53. The van der Waals surface area contributed by atoms with Crippen LogP contribution in [0.25, 0.3) is 6.08 Å². The van der Waals surface area contributed by atoms with Gasteiger partial charge in [0.2, 0.25) is 0 Å². The lowest BCUT2D eigenvalue weighted by Crippen LogP contribution is -2.43. The van der Waals surface area contributed by atoms with Gasteiger partial charge in [-0.05, 0) is 49.5 Å². The van der Waals surface area contributed by atoms with Crippen LogP contribution >= 0.6 is 0 Å². The predicted molar refractivity (Wildman–Crippen MR) is 76.7 cm³/mol. The standard InChI is InChI=1S/C16H19F4NO/c17-14-5-3-12(4-6-14)2-1-9-21-10-7-13(8-11-21)15(22)16(18,19)20/h1-6,13,15,22H,7-11H2/b2-1+.